The Kier molecular flexibility index (Phi) is 6.55. The second-order valence-electron chi connectivity index (χ2n) is 5.57. The predicted octanol–water partition coefficient (Wildman–Crippen LogP) is 1.89. The highest BCUT2D eigenvalue weighted by molar-refractivity contribution is 7.88. The number of sulfonamides is 1. The normalized spacial score (nSPS) is 11.3. The molecule has 0 fully saturated rings. The average Bonchev–Trinajstić information content (AvgIpc) is 2.61. The van der Waals surface area contributed by atoms with Crippen molar-refractivity contribution in [3.8, 4) is 5.75 Å². The third kappa shape index (κ3) is 5.88. The van der Waals surface area contributed by atoms with Gasteiger partial charge in [0.05, 0.1) is 13.4 Å². The van der Waals surface area contributed by atoms with E-state index in [2.05, 4.69) is 5.32 Å². The van der Waals surface area contributed by atoms with Crippen LogP contribution in [0.1, 0.15) is 15.9 Å². The summed E-state index contributed by atoms with van der Waals surface area (Å²) in [5, 5.41) is 2.74. The second kappa shape index (κ2) is 8.64. The molecular formula is C18H22N2O4S. The number of ether oxygens (including phenoxy) is 1. The Hall–Kier alpha value is -2.38. The van der Waals surface area contributed by atoms with Crippen LogP contribution in [0.15, 0.2) is 54.6 Å². The molecule has 0 saturated heterocycles. The standard InChI is InChI=1S/C18H22N2O4S/c1-24-17-10-6-9-16(13-17)18(21)19-11-12-20(25(2,22)23)14-15-7-4-3-5-8-15/h3-10,13H,11-12,14H2,1-2H3,(H,19,21). The molecule has 1 N–H and O–H groups in total. The van der Waals surface area contributed by atoms with Crippen LogP contribution in [-0.4, -0.2) is 45.1 Å². The molecule has 0 heterocycles. The van der Waals surface area contributed by atoms with Crippen molar-refractivity contribution in [2.24, 2.45) is 0 Å². The van der Waals surface area contributed by atoms with E-state index < -0.39 is 10.0 Å². The highest BCUT2D eigenvalue weighted by atomic mass is 32.2. The predicted molar refractivity (Wildman–Crippen MR) is 97.0 cm³/mol. The molecular weight excluding hydrogens is 340 g/mol. The number of amides is 1. The van der Waals surface area contributed by atoms with Gasteiger partial charge in [-0.2, -0.15) is 4.31 Å². The molecule has 2 aromatic carbocycles. The lowest BCUT2D eigenvalue weighted by Gasteiger charge is -2.20. The second-order valence-corrected chi connectivity index (χ2v) is 7.55. The number of nitrogens with zero attached hydrogens (tertiary/aromatic N) is 1. The molecule has 0 atom stereocenters. The van der Waals surface area contributed by atoms with Crippen LogP contribution in [0.3, 0.4) is 0 Å². The number of carbonyl (C=O) groups is 1. The number of benzene rings is 2. The van der Waals surface area contributed by atoms with Gasteiger partial charge in [-0.25, -0.2) is 8.42 Å². The number of nitrogens with one attached hydrogen (secondary N) is 1. The first kappa shape index (κ1) is 19.0. The molecule has 0 aliphatic carbocycles. The average molecular weight is 362 g/mol. The van der Waals surface area contributed by atoms with E-state index in [1.807, 2.05) is 30.3 Å². The Bertz CT molecular complexity index is 807. The van der Waals surface area contributed by atoms with Gasteiger partial charge in [-0.05, 0) is 23.8 Å². The van der Waals surface area contributed by atoms with Crippen LogP contribution in [0, 0.1) is 0 Å². The molecule has 0 bridgehead atoms. The van der Waals surface area contributed by atoms with E-state index in [-0.39, 0.29) is 25.5 Å². The van der Waals surface area contributed by atoms with Gasteiger partial charge < -0.3 is 10.1 Å². The molecule has 2 aromatic rings. The smallest absolute Gasteiger partial charge is 0.251 e. The number of methoxy groups -OCH3 is 1. The van der Waals surface area contributed by atoms with Gasteiger partial charge in [0.2, 0.25) is 10.0 Å². The number of hydrogen-bond donors (Lipinski definition) is 1. The van der Waals surface area contributed by atoms with Gasteiger partial charge in [0.25, 0.3) is 5.91 Å². The summed E-state index contributed by atoms with van der Waals surface area (Å²) < 4.78 is 30.4. The molecule has 6 nitrogen and oxygen atoms in total. The Morgan fingerprint density at radius 3 is 2.48 bits per heavy atom. The van der Waals surface area contributed by atoms with Gasteiger partial charge in [-0.15, -0.1) is 0 Å². The van der Waals surface area contributed by atoms with Gasteiger partial charge >= 0.3 is 0 Å². The summed E-state index contributed by atoms with van der Waals surface area (Å²) in [5.74, 6) is 0.321. The van der Waals surface area contributed by atoms with Crippen LogP contribution in [0.2, 0.25) is 0 Å². The van der Waals surface area contributed by atoms with Crippen LogP contribution in [-0.2, 0) is 16.6 Å². The minimum atomic E-state index is -3.37. The lowest BCUT2D eigenvalue weighted by molar-refractivity contribution is 0.0951. The van der Waals surface area contributed by atoms with Crippen molar-refractivity contribution in [3.63, 3.8) is 0 Å². The summed E-state index contributed by atoms with van der Waals surface area (Å²) >= 11 is 0. The van der Waals surface area contributed by atoms with E-state index in [0.717, 1.165) is 5.56 Å². The summed E-state index contributed by atoms with van der Waals surface area (Å²) in [7, 11) is -1.84. The van der Waals surface area contributed by atoms with Crippen molar-refractivity contribution >= 4 is 15.9 Å². The monoisotopic (exact) mass is 362 g/mol. The zero-order valence-corrected chi connectivity index (χ0v) is 15.1. The fourth-order valence-electron chi connectivity index (χ4n) is 2.31. The van der Waals surface area contributed by atoms with Crippen LogP contribution < -0.4 is 10.1 Å². The summed E-state index contributed by atoms with van der Waals surface area (Å²) in [6.45, 7) is 0.689. The largest absolute Gasteiger partial charge is 0.497 e. The van der Waals surface area contributed by atoms with Crippen molar-refractivity contribution in [2.75, 3.05) is 26.5 Å². The third-order valence-corrected chi connectivity index (χ3v) is 4.90. The molecule has 0 unspecified atom stereocenters. The van der Waals surface area contributed by atoms with Crippen molar-refractivity contribution < 1.29 is 17.9 Å². The van der Waals surface area contributed by atoms with Gasteiger partial charge in [0, 0.05) is 25.2 Å². The van der Waals surface area contributed by atoms with Crippen molar-refractivity contribution in [1.29, 1.82) is 0 Å². The van der Waals surface area contributed by atoms with E-state index in [0.29, 0.717) is 11.3 Å². The molecule has 7 heteroatoms. The minimum Gasteiger partial charge on any atom is -0.497 e. The quantitative estimate of drug-likeness (QED) is 0.778. The van der Waals surface area contributed by atoms with Crippen molar-refractivity contribution in [1.82, 2.24) is 9.62 Å². The first-order valence-electron chi connectivity index (χ1n) is 7.81. The topological polar surface area (TPSA) is 75.7 Å². The Morgan fingerprint density at radius 1 is 1.12 bits per heavy atom. The fourth-order valence-corrected chi connectivity index (χ4v) is 3.12. The number of rotatable bonds is 8. The van der Waals surface area contributed by atoms with Gasteiger partial charge in [0.15, 0.2) is 0 Å². The molecule has 0 saturated carbocycles. The lowest BCUT2D eigenvalue weighted by Crippen LogP contribution is -2.37. The zero-order chi connectivity index (χ0) is 18.3. The summed E-state index contributed by atoms with van der Waals surface area (Å²) in [5.41, 5.74) is 1.36. The SMILES string of the molecule is COc1cccc(C(=O)NCCN(Cc2ccccc2)S(C)(=O)=O)c1. The molecule has 0 aliphatic heterocycles. The molecule has 1 amide bonds. The van der Waals surface area contributed by atoms with Crippen LogP contribution in [0.4, 0.5) is 0 Å². The van der Waals surface area contributed by atoms with E-state index >= 15 is 0 Å². The van der Waals surface area contributed by atoms with Gasteiger partial charge in [-0.1, -0.05) is 36.4 Å². The molecule has 134 valence electrons. The van der Waals surface area contributed by atoms with E-state index in [4.69, 9.17) is 4.74 Å². The number of hydrogen-bond acceptors (Lipinski definition) is 4. The maximum absolute atomic E-state index is 12.2. The summed E-state index contributed by atoms with van der Waals surface area (Å²) in [6, 6.07) is 16.1. The Morgan fingerprint density at radius 2 is 1.84 bits per heavy atom. The van der Waals surface area contributed by atoms with Crippen LogP contribution in [0.25, 0.3) is 0 Å². The summed E-state index contributed by atoms with van der Waals surface area (Å²) in [4.78, 5) is 12.2. The Labute approximate surface area is 148 Å². The maximum Gasteiger partial charge on any atom is 0.251 e. The first-order valence-corrected chi connectivity index (χ1v) is 9.66. The maximum atomic E-state index is 12.2. The molecule has 0 aliphatic rings. The van der Waals surface area contributed by atoms with Gasteiger partial charge in [-0.3, -0.25) is 4.79 Å². The highest BCUT2D eigenvalue weighted by Gasteiger charge is 2.17. The molecule has 0 aromatic heterocycles. The third-order valence-electron chi connectivity index (χ3n) is 3.65. The lowest BCUT2D eigenvalue weighted by atomic mass is 10.2. The Balaban J connectivity index is 1.95. The fraction of sp³-hybridized carbons (Fsp3) is 0.278. The minimum absolute atomic E-state index is 0.198. The molecule has 0 spiro atoms. The zero-order valence-electron chi connectivity index (χ0n) is 14.3. The molecule has 2 rings (SSSR count). The van der Waals surface area contributed by atoms with Gasteiger partial charge in [0.1, 0.15) is 5.75 Å². The highest BCUT2D eigenvalue weighted by Crippen LogP contribution is 2.12. The van der Waals surface area contributed by atoms with Crippen molar-refractivity contribution in [2.45, 2.75) is 6.54 Å². The van der Waals surface area contributed by atoms with Crippen molar-refractivity contribution in [3.05, 3.63) is 65.7 Å². The number of carbonyl (C=O) groups excluding carboxylic acids is 1. The first-order chi connectivity index (χ1) is 11.9. The van der Waals surface area contributed by atoms with Crippen LogP contribution >= 0.6 is 0 Å². The molecule has 25 heavy (non-hydrogen) atoms. The van der Waals surface area contributed by atoms with E-state index in [1.165, 1.54) is 17.7 Å². The molecule has 0 radical (unpaired) electrons. The van der Waals surface area contributed by atoms with E-state index in [9.17, 15) is 13.2 Å². The summed E-state index contributed by atoms with van der Waals surface area (Å²) in [6.07, 6.45) is 1.17. The van der Waals surface area contributed by atoms with Crippen LogP contribution in [0.5, 0.6) is 5.75 Å². The van der Waals surface area contributed by atoms with E-state index in [1.54, 1.807) is 24.3 Å².